The number of hydrogen-bond acceptors (Lipinski definition) is 4. The molecule has 0 bridgehead atoms. The maximum atomic E-state index is 11.4. The smallest absolute Gasteiger partial charge is 0.426 e. The highest BCUT2D eigenvalue weighted by Gasteiger charge is 2.28. The van der Waals surface area contributed by atoms with Gasteiger partial charge in [0.05, 0.1) is 6.42 Å². The number of carbonyl (C=O) groups is 2. The van der Waals surface area contributed by atoms with Gasteiger partial charge in [-0.05, 0) is 34.6 Å². The van der Waals surface area contributed by atoms with Gasteiger partial charge in [0.25, 0.3) is 0 Å². The highest BCUT2D eigenvalue weighted by molar-refractivity contribution is 5.72. The first-order chi connectivity index (χ1) is 6.52. The number of nitrogens with one attached hydrogen (secondary N) is 1. The largest absolute Gasteiger partial charge is 0.460 e. The number of carbonyl (C=O) groups excluding carboxylic acids is 2. The Labute approximate surface area is 89.9 Å². The van der Waals surface area contributed by atoms with Crippen LogP contribution in [0.1, 0.15) is 41.0 Å². The van der Waals surface area contributed by atoms with Gasteiger partial charge in [0, 0.05) is 0 Å². The molecule has 0 unspecified atom stereocenters. The zero-order valence-electron chi connectivity index (χ0n) is 9.84. The predicted octanol–water partition coefficient (Wildman–Crippen LogP) is 1.92. The molecule has 1 amide bonds. The van der Waals surface area contributed by atoms with E-state index < -0.39 is 23.3 Å². The number of rotatable bonds is 3. The maximum Gasteiger partial charge on any atom is 0.426 e. The molecule has 0 aliphatic rings. The van der Waals surface area contributed by atoms with Gasteiger partial charge in [-0.15, -0.1) is 0 Å². The highest BCUT2D eigenvalue weighted by atomic mass is 16.6. The fourth-order valence-corrected chi connectivity index (χ4v) is 1.01. The van der Waals surface area contributed by atoms with Gasteiger partial charge in [0.15, 0.2) is 0 Å². The Hall–Kier alpha value is -1.26. The lowest BCUT2D eigenvalue weighted by Crippen LogP contribution is -2.34. The van der Waals surface area contributed by atoms with Crippen molar-refractivity contribution in [2.24, 2.45) is 0 Å². The molecular formula is C10H18NO4. The third kappa shape index (κ3) is 7.78. The normalized spacial score (nSPS) is 12.1. The third-order valence-electron chi connectivity index (χ3n) is 1.36. The van der Waals surface area contributed by atoms with E-state index in [1.54, 1.807) is 34.6 Å². The van der Waals surface area contributed by atoms with Crippen molar-refractivity contribution in [3.05, 3.63) is 0 Å². The second kappa shape index (κ2) is 4.51. The fourth-order valence-electron chi connectivity index (χ4n) is 1.01. The summed E-state index contributed by atoms with van der Waals surface area (Å²) in [4.78, 5) is 21.8. The summed E-state index contributed by atoms with van der Waals surface area (Å²) in [5.41, 5.74) is 5.09. The SMILES string of the molecule is CC(C)(C)OC(=O)CC(C)(C)OC([NH])=O. The van der Waals surface area contributed by atoms with Crippen molar-refractivity contribution < 1.29 is 19.1 Å². The number of amides is 1. The standard InChI is InChI=1S/C10H18NO4/c1-9(2,3)14-7(12)6-10(4,5)15-8(11)13/h11H,6H2,1-5H3. The number of ether oxygens (including phenoxy) is 2. The van der Waals surface area contributed by atoms with Crippen LogP contribution in [-0.2, 0) is 14.3 Å². The topological polar surface area (TPSA) is 76.4 Å². The Bertz CT molecular complexity index is 253. The lowest BCUT2D eigenvalue weighted by Gasteiger charge is -2.25. The van der Waals surface area contributed by atoms with Crippen molar-refractivity contribution in [3.8, 4) is 0 Å². The molecule has 0 aliphatic carbocycles. The summed E-state index contributed by atoms with van der Waals surface area (Å²) in [5.74, 6) is -0.450. The van der Waals surface area contributed by atoms with E-state index in [1.807, 2.05) is 0 Å². The van der Waals surface area contributed by atoms with E-state index in [-0.39, 0.29) is 6.42 Å². The average molecular weight is 216 g/mol. The molecular weight excluding hydrogens is 198 g/mol. The van der Waals surface area contributed by atoms with Crippen LogP contribution in [0.15, 0.2) is 0 Å². The summed E-state index contributed by atoms with van der Waals surface area (Å²) in [6, 6.07) is 0. The molecule has 0 rings (SSSR count). The molecule has 0 aromatic rings. The van der Waals surface area contributed by atoms with E-state index in [4.69, 9.17) is 10.5 Å². The fraction of sp³-hybridized carbons (Fsp3) is 0.800. The zero-order valence-corrected chi connectivity index (χ0v) is 9.84. The third-order valence-corrected chi connectivity index (χ3v) is 1.36. The molecule has 0 spiro atoms. The van der Waals surface area contributed by atoms with Gasteiger partial charge < -0.3 is 9.47 Å². The first-order valence-corrected chi connectivity index (χ1v) is 4.68. The summed E-state index contributed by atoms with van der Waals surface area (Å²) in [7, 11) is 0. The van der Waals surface area contributed by atoms with Crippen LogP contribution in [0.5, 0.6) is 0 Å². The Morgan fingerprint density at radius 2 is 1.53 bits per heavy atom. The van der Waals surface area contributed by atoms with Gasteiger partial charge in [-0.25, -0.2) is 10.5 Å². The van der Waals surface area contributed by atoms with Gasteiger partial charge in [-0.1, -0.05) is 0 Å². The van der Waals surface area contributed by atoms with Crippen molar-refractivity contribution in [1.82, 2.24) is 5.73 Å². The summed E-state index contributed by atoms with van der Waals surface area (Å²) in [6.45, 7) is 8.39. The molecule has 0 saturated heterocycles. The van der Waals surface area contributed by atoms with Gasteiger partial charge in [0.2, 0.25) is 0 Å². The Balaban J connectivity index is 4.22. The number of hydrogen-bond donors (Lipinski definition) is 0. The predicted molar refractivity (Wildman–Crippen MR) is 54.1 cm³/mol. The molecule has 0 aromatic heterocycles. The van der Waals surface area contributed by atoms with Crippen LogP contribution in [-0.4, -0.2) is 23.3 Å². The molecule has 5 nitrogen and oxygen atoms in total. The zero-order chi connectivity index (χ0) is 12.3. The van der Waals surface area contributed by atoms with Crippen LogP contribution in [0.25, 0.3) is 0 Å². The first-order valence-electron chi connectivity index (χ1n) is 4.68. The molecule has 87 valence electrons. The second-order valence-corrected chi connectivity index (χ2v) is 4.91. The second-order valence-electron chi connectivity index (χ2n) is 4.91. The highest BCUT2D eigenvalue weighted by Crippen LogP contribution is 2.18. The quantitative estimate of drug-likeness (QED) is 0.675. The molecule has 0 aromatic carbocycles. The van der Waals surface area contributed by atoms with Crippen LogP contribution in [0.3, 0.4) is 0 Å². The van der Waals surface area contributed by atoms with E-state index in [0.29, 0.717) is 0 Å². The van der Waals surface area contributed by atoms with Crippen molar-refractivity contribution in [1.29, 1.82) is 0 Å². The van der Waals surface area contributed by atoms with Gasteiger partial charge in [0.1, 0.15) is 11.2 Å². The monoisotopic (exact) mass is 216 g/mol. The molecule has 0 aliphatic heterocycles. The van der Waals surface area contributed by atoms with Gasteiger partial charge >= 0.3 is 12.1 Å². The van der Waals surface area contributed by atoms with Crippen molar-refractivity contribution in [2.75, 3.05) is 0 Å². The summed E-state index contributed by atoms with van der Waals surface area (Å²) < 4.78 is 9.71. The Morgan fingerprint density at radius 3 is 1.87 bits per heavy atom. The van der Waals surface area contributed by atoms with Crippen LogP contribution in [0.4, 0.5) is 4.79 Å². The lowest BCUT2D eigenvalue weighted by molar-refractivity contribution is -0.159. The van der Waals surface area contributed by atoms with Crippen molar-refractivity contribution in [3.63, 3.8) is 0 Å². The van der Waals surface area contributed by atoms with Crippen LogP contribution in [0, 0.1) is 0 Å². The summed E-state index contributed by atoms with van der Waals surface area (Å²) in [6.07, 6.45) is -1.21. The van der Waals surface area contributed by atoms with E-state index >= 15 is 0 Å². The molecule has 0 heterocycles. The van der Waals surface area contributed by atoms with E-state index in [2.05, 4.69) is 4.74 Å². The van der Waals surface area contributed by atoms with Gasteiger partial charge in [-0.2, -0.15) is 0 Å². The Morgan fingerprint density at radius 1 is 1.07 bits per heavy atom. The minimum atomic E-state index is -1.15. The summed E-state index contributed by atoms with van der Waals surface area (Å²) >= 11 is 0. The van der Waals surface area contributed by atoms with E-state index in [9.17, 15) is 9.59 Å². The van der Waals surface area contributed by atoms with E-state index in [0.717, 1.165) is 0 Å². The van der Waals surface area contributed by atoms with Crippen molar-refractivity contribution >= 4 is 12.1 Å². The maximum absolute atomic E-state index is 11.4. The molecule has 5 heteroatoms. The first kappa shape index (κ1) is 13.7. The molecule has 1 radical (unpaired) electrons. The van der Waals surface area contributed by atoms with Crippen molar-refractivity contribution in [2.45, 2.75) is 52.2 Å². The number of esters is 1. The minimum Gasteiger partial charge on any atom is -0.460 e. The van der Waals surface area contributed by atoms with E-state index in [1.165, 1.54) is 0 Å². The minimum absolute atomic E-state index is 0.0606. The average Bonchev–Trinajstić information content (AvgIpc) is 1.73. The molecule has 1 N–H and O–H groups in total. The Kier molecular flexibility index (Phi) is 4.13. The molecule has 0 fully saturated rings. The molecule has 0 atom stereocenters. The molecule has 15 heavy (non-hydrogen) atoms. The summed E-state index contributed by atoms with van der Waals surface area (Å²) in [5, 5.41) is 0. The van der Waals surface area contributed by atoms with Gasteiger partial charge in [-0.3, -0.25) is 4.79 Å². The lowest BCUT2D eigenvalue weighted by atomic mass is 10.1. The van der Waals surface area contributed by atoms with Crippen LogP contribution >= 0.6 is 0 Å². The van der Waals surface area contributed by atoms with Crippen LogP contribution < -0.4 is 5.73 Å². The molecule has 0 saturated carbocycles. The van der Waals surface area contributed by atoms with Crippen LogP contribution in [0.2, 0.25) is 0 Å².